The van der Waals surface area contributed by atoms with Crippen LogP contribution in [-0.2, 0) is 0 Å². The number of rotatable bonds is 5. The first-order chi connectivity index (χ1) is 10.2. The number of para-hydroxylation sites is 1. The summed E-state index contributed by atoms with van der Waals surface area (Å²) in [7, 11) is 0. The molecule has 0 fully saturated rings. The maximum absolute atomic E-state index is 12.3. The minimum Gasteiger partial charge on any atom is -0.493 e. The van der Waals surface area contributed by atoms with E-state index in [9.17, 15) is 9.59 Å². The molecule has 0 aromatic heterocycles. The Hall–Kier alpha value is -2.14. The third kappa shape index (κ3) is 3.70. The van der Waals surface area contributed by atoms with E-state index in [2.05, 4.69) is 15.9 Å². The standard InChI is InChI=1S/C16H13BrO4/c1-2-20-15-8-7-12(17)9-13(15)16(19)21-14-6-4-3-5-11(14)10-18/h3-10H,2H2,1H3. The van der Waals surface area contributed by atoms with Gasteiger partial charge in [-0.2, -0.15) is 0 Å². The summed E-state index contributed by atoms with van der Waals surface area (Å²) < 4.78 is 11.4. The van der Waals surface area contributed by atoms with Crippen molar-refractivity contribution in [2.24, 2.45) is 0 Å². The topological polar surface area (TPSA) is 52.6 Å². The molecule has 0 N–H and O–H groups in total. The summed E-state index contributed by atoms with van der Waals surface area (Å²) in [5.74, 6) is 0.0864. The molecule has 0 saturated heterocycles. The summed E-state index contributed by atoms with van der Waals surface area (Å²) >= 11 is 3.31. The van der Waals surface area contributed by atoms with E-state index in [1.807, 2.05) is 6.92 Å². The van der Waals surface area contributed by atoms with Crippen molar-refractivity contribution in [1.82, 2.24) is 0 Å². The Morgan fingerprint density at radius 1 is 1.19 bits per heavy atom. The van der Waals surface area contributed by atoms with Crippen molar-refractivity contribution >= 4 is 28.2 Å². The number of ether oxygens (including phenoxy) is 2. The Morgan fingerprint density at radius 2 is 1.95 bits per heavy atom. The van der Waals surface area contributed by atoms with Gasteiger partial charge in [0.2, 0.25) is 0 Å². The lowest BCUT2D eigenvalue weighted by Gasteiger charge is -2.11. The van der Waals surface area contributed by atoms with E-state index in [-0.39, 0.29) is 5.75 Å². The molecule has 0 aliphatic heterocycles. The second-order valence-electron chi connectivity index (χ2n) is 4.12. The molecule has 2 rings (SSSR count). The van der Waals surface area contributed by atoms with Crippen molar-refractivity contribution in [2.75, 3.05) is 6.61 Å². The summed E-state index contributed by atoms with van der Waals surface area (Å²) in [5, 5.41) is 0. The Bertz CT molecular complexity index is 667. The number of carbonyl (C=O) groups excluding carboxylic acids is 2. The average Bonchev–Trinajstić information content (AvgIpc) is 2.49. The summed E-state index contributed by atoms with van der Waals surface area (Å²) in [5.41, 5.74) is 0.616. The summed E-state index contributed by atoms with van der Waals surface area (Å²) in [6.45, 7) is 2.27. The summed E-state index contributed by atoms with van der Waals surface area (Å²) in [4.78, 5) is 23.2. The van der Waals surface area contributed by atoms with Crippen LogP contribution >= 0.6 is 15.9 Å². The first kappa shape index (κ1) is 15.3. The number of halogens is 1. The van der Waals surface area contributed by atoms with Gasteiger partial charge in [0.25, 0.3) is 0 Å². The lowest BCUT2D eigenvalue weighted by molar-refractivity contribution is 0.0729. The van der Waals surface area contributed by atoms with Crippen LogP contribution in [0.1, 0.15) is 27.6 Å². The van der Waals surface area contributed by atoms with Crippen molar-refractivity contribution < 1.29 is 19.1 Å². The van der Waals surface area contributed by atoms with Crippen molar-refractivity contribution in [3.63, 3.8) is 0 Å². The Morgan fingerprint density at radius 3 is 2.67 bits per heavy atom. The van der Waals surface area contributed by atoms with E-state index in [0.29, 0.717) is 29.8 Å². The lowest BCUT2D eigenvalue weighted by Crippen LogP contribution is -2.12. The van der Waals surface area contributed by atoms with E-state index < -0.39 is 5.97 Å². The number of benzene rings is 2. The number of esters is 1. The van der Waals surface area contributed by atoms with Crippen LogP contribution in [-0.4, -0.2) is 18.9 Å². The molecule has 21 heavy (non-hydrogen) atoms. The van der Waals surface area contributed by atoms with Crippen LogP contribution in [0.3, 0.4) is 0 Å². The molecule has 0 unspecified atom stereocenters. The van der Waals surface area contributed by atoms with Gasteiger partial charge in [-0.05, 0) is 37.3 Å². The molecule has 0 amide bonds. The van der Waals surface area contributed by atoms with Gasteiger partial charge < -0.3 is 9.47 Å². The second kappa shape index (κ2) is 7.04. The van der Waals surface area contributed by atoms with Gasteiger partial charge in [-0.15, -0.1) is 0 Å². The van der Waals surface area contributed by atoms with E-state index in [4.69, 9.17) is 9.47 Å². The summed E-state index contributed by atoms with van der Waals surface area (Å²) in [6, 6.07) is 11.6. The fourth-order valence-electron chi connectivity index (χ4n) is 1.77. The highest BCUT2D eigenvalue weighted by Crippen LogP contribution is 2.25. The number of aldehydes is 1. The van der Waals surface area contributed by atoms with Gasteiger partial charge >= 0.3 is 5.97 Å². The molecule has 5 heteroatoms. The summed E-state index contributed by atoms with van der Waals surface area (Å²) in [6.07, 6.45) is 0.646. The zero-order valence-electron chi connectivity index (χ0n) is 11.3. The van der Waals surface area contributed by atoms with Crippen LogP contribution in [0.15, 0.2) is 46.9 Å². The Kier molecular flexibility index (Phi) is 5.11. The fourth-order valence-corrected chi connectivity index (χ4v) is 2.13. The number of hydrogen-bond acceptors (Lipinski definition) is 4. The third-order valence-electron chi connectivity index (χ3n) is 2.71. The first-order valence-electron chi connectivity index (χ1n) is 6.34. The molecule has 4 nitrogen and oxygen atoms in total. The van der Waals surface area contributed by atoms with Gasteiger partial charge in [-0.25, -0.2) is 4.79 Å². The molecular formula is C16H13BrO4. The van der Waals surface area contributed by atoms with Gasteiger partial charge in [-0.1, -0.05) is 28.1 Å². The zero-order chi connectivity index (χ0) is 15.2. The normalized spacial score (nSPS) is 10.0. The van der Waals surface area contributed by atoms with Crippen LogP contribution < -0.4 is 9.47 Å². The van der Waals surface area contributed by atoms with Crippen LogP contribution in [0.4, 0.5) is 0 Å². The first-order valence-corrected chi connectivity index (χ1v) is 7.13. The smallest absolute Gasteiger partial charge is 0.347 e. The largest absolute Gasteiger partial charge is 0.493 e. The molecule has 0 radical (unpaired) electrons. The van der Waals surface area contributed by atoms with Crippen LogP contribution in [0.5, 0.6) is 11.5 Å². The molecule has 0 bridgehead atoms. The van der Waals surface area contributed by atoms with Gasteiger partial charge in [0, 0.05) is 4.47 Å². The van der Waals surface area contributed by atoms with Crippen LogP contribution in [0.25, 0.3) is 0 Å². The predicted octanol–water partition coefficient (Wildman–Crippen LogP) is 3.88. The Balaban J connectivity index is 2.32. The maximum Gasteiger partial charge on any atom is 0.347 e. The molecule has 0 atom stereocenters. The zero-order valence-corrected chi connectivity index (χ0v) is 12.9. The van der Waals surface area contributed by atoms with Crippen molar-refractivity contribution in [2.45, 2.75) is 6.92 Å². The SMILES string of the molecule is CCOc1ccc(Br)cc1C(=O)Oc1ccccc1C=O. The molecular weight excluding hydrogens is 336 g/mol. The second-order valence-corrected chi connectivity index (χ2v) is 5.03. The lowest BCUT2D eigenvalue weighted by atomic mass is 10.2. The predicted molar refractivity (Wildman–Crippen MR) is 82.1 cm³/mol. The molecule has 0 aliphatic carbocycles. The van der Waals surface area contributed by atoms with E-state index in [0.717, 1.165) is 4.47 Å². The van der Waals surface area contributed by atoms with Gasteiger partial charge in [0.15, 0.2) is 6.29 Å². The highest BCUT2D eigenvalue weighted by Gasteiger charge is 2.17. The van der Waals surface area contributed by atoms with Gasteiger partial charge in [0.1, 0.15) is 17.1 Å². The fraction of sp³-hybridized carbons (Fsp3) is 0.125. The van der Waals surface area contributed by atoms with E-state index in [1.165, 1.54) is 0 Å². The number of hydrogen-bond donors (Lipinski definition) is 0. The van der Waals surface area contributed by atoms with Crippen LogP contribution in [0.2, 0.25) is 0 Å². The quantitative estimate of drug-likeness (QED) is 0.467. The molecule has 108 valence electrons. The minimum absolute atomic E-state index is 0.222. The molecule has 0 saturated carbocycles. The highest BCUT2D eigenvalue weighted by atomic mass is 79.9. The highest BCUT2D eigenvalue weighted by molar-refractivity contribution is 9.10. The number of carbonyl (C=O) groups is 2. The van der Waals surface area contributed by atoms with Crippen molar-refractivity contribution in [1.29, 1.82) is 0 Å². The third-order valence-corrected chi connectivity index (χ3v) is 3.20. The van der Waals surface area contributed by atoms with Gasteiger partial charge in [0.05, 0.1) is 12.2 Å². The van der Waals surface area contributed by atoms with Gasteiger partial charge in [-0.3, -0.25) is 4.79 Å². The monoisotopic (exact) mass is 348 g/mol. The van der Waals surface area contributed by atoms with E-state index >= 15 is 0 Å². The van der Waals surface area contributed by atoms with Crippen molar-refractivity contribution in [3.8, 4) is 11.5 Å². The van der Waals surface area contributed by atoms with Crippen molar-refractivity contribution in [3.05, 3.63) is 58.1 Å². The molecule has 0 spiro atoms. The van der Waals surface area contributed by atoms with E-state index in [1.54, 1.807) is 42.5 Å². The molecule has 2 aromatic carbocycles. The Labute approximate surface area is 130 Å². The maximum atomic E-state index is 12.3. The van der Waals surface area contributed by atoms with Crippen LogP contribution in [0, 0.1) is 0 Å². The molecule has 0 heterocycles. The average molecular weight is 349 g/mol. The minimum atomic E-state index is -0.575. The molecule has 2 aromatic rings. The molecule has 0 aliphatic rings.